The van der Waals surface area contributed by atoms with E-state index in [-0.39, 0.29) is 11.4 Å². The molecule has 2 aromatic carbocycles. The van der Waals surface area contributed by atoms with Crippen LogP contribution in [-0.2, 0) is 14.8 Å². The maximum atomic E-state index is 13.0. The first kappa shape index (κ1) is 22.4. The summed E-state index contributed by atoms with van der Waals surface area (Å²) in [6.07, 6.45) is 4.20. The summed E-state index contributed by atoms with van der Waals surface area (Å²) in [6, 6.07) is 12.2. The first-order chi connectivity index (χ1) is 15.4. The first-order valence-corrected chi connectivity index (χ1v) is 12.4. The first-order valence-electron chi connectivity index (χ1n) is 10.9. The summed E-state index contributed by atoms with van der Waals surface area (Å²) in [5.41, 5.74) is 1.66. The summed E-state index contributed by atoms with van der Waals surface area (Å²) < 4.78 is 38.3. The molecule has 1 amide bonds. The minimum Gasteiger partial charge on any atom is -0.490 e. The van der Waals surface area contributed by atoms with Gasteiger partial charge in [0.05, 0.1) is 36.0 Å². The normalized spacial score (nSPS) is 16.5. The van der Waals surface area contributed by atoms with Gasteiger partial charge in [0.2, 0.25) is 15.9 Å². The van der Waals surface area contributed by atoms with Crippen LogP contribution in [0.15, 0.2) is 47.4 Å². The van der Waals surface area contributed by atoms with Gasteiger partial charge in [-0.25, -0.2) is 8.42 Å². The summed E-state index contributed by atoms with van der Waals surface area (Å²) in [6.45, 7) is 2.59. The van der Waals surface area contributed by atoms with Crippen molar-refractivity contribution in [3.63, 3.8) is 0 Å². The van der Waals surface area contributed by atoms with Crippen LogP contribution in [0.4, 0.5) is 11.4 Å². The van der Waals surface area contributed by atoms with E-state index in [2.05, 4.69) is 10.2 Å². The van der Waals surface area contributed by atoms with Gasteiger partial charge in [0.1, 0.15) is 0 Å². The maximum Gasteiger partial charge on any atom is 0.243 e. The van der Waals surface area contributed by atoms with Crippen LogP contribution in [0.2, 0.25) is 0 Å². The number of hydrogen-bond acceptors (Lipinski definition) is 6. The monoisotopic (exact) mass is 459 g/mol. The number of benzene rings is 2. The lowest BCUT2D eigenvalue weighted by atomic mass is 10.1. The molecule has 0 aliphatic carbocycles. The minimum absolute atomic E-state index is 0.0609. The van der Waals surface area contributed by atoms with Crippen LogP contribution in [0.5, 0.6) is 11.5 Å². The molecule has 0 spiro atoms. The number of hydrogen-bond donors (Lipinski definition) is 1. The van der Waals surface area contributed by atoms with Gasteiger partial charge in [-0.1, -0.05) is 12.1 Å². The average Bonchev–Trinajstić information content (AvgIpc) is 3.05. The van der Waals surface area contributed by atoms with E-state index in [0.29, 0.717) is 30.4 Å². The molecular weight excluding hydrogens is 430 g/mol. The molecule has 0 atom stereocenters. The van der Waals surface area contributed by atoms with Gasteiger partial charge in [0, 0.05) is 32.6 Å². The lowest BCUT2D eigenvalue weighted by molar-refractivity contribution is -0.116. The Morgan fingerprint density at radius 3 is 2.50 bits per heavy atom. The average molecular weight is 460 g/mol. The molecule has 32 heavy (non-hydrogen) atoms. The number of amides is 1. The summed E-state index contributed by atoms with van der Waals surface area (Å²) in [4.78, 5) is 15.1. The summed E-state index contributed by atoms with van der Waals surface area (Å²) in [5, 5.41) is 2.89. The van der Waals surface area contributed by atoms with Crippen LogP contribution in [-0.4, -0.2) is 58.5 Å². The van der Waals surface area contributed by atoms with Crippen LogP contribution >= 0.6 is 0 Å². The van der Waals surface area contributed by atoms with Gasteiger partial charge in [0.15, 0.2) is 11.5 Å². The molecule has 0 unspecified atom stereocenters. The van der Waals surface area contributed by atoms with Gasteiger partial charge >= 0.3 is 0 Å². The van der Waals surface area contributed by atoms with Crippen molar-refractivity contribution in [1.29, 1.82) is 0 Å². The van der Waals surface area contributed by atoms with Crippen molar-refractivity contribution >= 4 is 27.3 Å². The Kier molecular flexibility index (Phi) is 6.86. The fraction of sp³-hybridized carbons (Fsp3) is 0.435. The van der Waals surface area contributed by atoms with Gasteiger partial charge in [-0.15, -0.1) is 0 Å². The summed E-state index contributed by atoms with van der Waals surface area (Å²) in [5.74, 6) is 0.530. The number of para-hydroxylation sites is 2. The molecule has 172 valence electrons. The quantitative estimate of drug-likeness (QED) is 0.714. The molecule has 8 nitrogen and oxygen atoms in total. The van der Waals surface area contributed by atoms with E-state index < -0.39 is 15.9 Å². The predicted octanol–water partition coefficient (Wildman–Crippen LogP) is 3.10. The van der Waals surface area contributed by atoms with Crippen molar-refractivity contribution in [2.24, 2.45) is 0 Å². The lowest BCUT2D eigenvalue weighted by Gasteiger charge is -2.30. The van der Waals surface area contributed by atoms with Crippen LogP contribution < -0.4 is 19.7 Å². The molecule has 0 aromatic heterocycles. The molecule has 1 N–H and O–H groups in total. The van der Waals surface area contributed by atoms with Crippen LogP contribution in [0, 0.1) is 0 Å². The van der Waals surface area contributed by atoms with Crippen molar-refractivity contribution in [2.75, 3.05) is 50.1 Å². The van der Waals surface area contributed by atoms with Crippen molar-refractivity contribution in [2.45, 2.75) is 30.6 Å². The fourth-order valence-corrected chi connectivity index (χ4v) is 5.09. The number of anilines is 2. The van der Waals surface area contributed by atoms with E-state index in [4.69, 9.17) is 9.47 Å². The largest absolute Gasteiger partial charge is 0.490 e. The van der Waals surface area contributed by atoms with Crippen LogP contribution in [0.1, 0.15) is 25.7 Å². The number of ether oxygens (including phenoxy) is 2. The Labute approximate surface area is 189 Å². The molecule has 2 aliphatic rings. The van der Waals surface area contributed by atoms with Crippen molar-refractivity contribution in [1.82, 2.24) is 4.31 Å². The Morgan fingerprint density at radius 2 is 1.72 bits per heavy atom. The standard InChI is InChI=1S/C23H29N3O5S/c1-25(32(28,29)18-10-11-21-22(16-18)31-15-7-14-30-21)17-23(27)24-19-8-3-4-9-20(19)26-12-5-2-6-13-26/h3-4,8-11,16H,2,5-7,12-15,17H2,1H3,(H,24,27). The third-order valence-electron chi connectivity index (χ3n) is 5.67. The third-order valence-corrected chi connectivity index (χ3v) is 7.47. The molecule has 2 heterocycles. The number of likely N-dealkylation sites (N-methyl/N-ethyl adjacent to an activating group) is 1. The van der Waals surface area contributed by atoms with Gasteiger partial charge in [-0.2, -0.15) is 4.31 Å². The van der Waals surface area contributed by atoms with Crippen molar-refractivity contribution in [3.8, 4) is 11.5 Å². The Morgan fingerprint density at radius 1 is 1.00 bits per heavy atom. The van der Waals surface area contributed by atoms with Crippen LogP contribution in [0.3, 0.4) is 0 Å². The lowest BCUT2D eigenvalue weighted by Crippen LogP contribution is -2.35. The molecule has 1 fully saturated rings. The Balaban J connectivity index is 1.45. The minimum atomic E-state index is -3.88. The molecule has 2 aliphatic heterocycles. The SMILES string of the molecule is CN(CC(=O)Nc1ccccc1N1CCCCC1)S(=O)(=O)c1ccc2c(c1)OCCCO2. The third kappa shape index (κ3) is 4.99. The van der Waals surface area contributed by atoms with Gasteiger partial charge in [-0.3, -0.25) is 4.79 Å². The van der Waals surface area contributed by atoms with Crippen molar-refractivity contribution < 1.29 is 22.7 Å². The number of sulfonamides is 1. The van der Waals surface area contributed by atoms with E-state index in [1.807, 2.05) is 24.3 Å². The Bertz CT molecular complexity index is 1070. The molecule has 9 heteroatoms. The van der Waals surface area contributed by atoms with Crippen LogP contribution in [0.25, 0.3) is 0 Å². The molecule has 1 saturated heterocycles. The second kappa shape index (κ2) is 9.79. The highest BCUT2D eigenvalue weighted by molar-refractivity contribution is 7.89. The van der Waals surface area contributed by atoms with Gasteiger partial charge in [-0.05, 0) is 43.5 Å². The number of nitrogens with zero attached hydrogens (tertiary/aromatic N) is 2. The second-order valence-electron chi connectivity index (χ2n) is 8.03. The molecular formula is C23H29N3O5S. The number of piperidine rings is 1. The number of carbonyl (C=O) groups is 1. The highest BCUT2D eigenvalue weighted by Gasteiger charge is 2.25. The molecule has 0 radical (unpaired) electrons. The number of rotatable bonds is 6. The van der Waals surface area contributed by atoms with E-state index in [1.165, 1.54) is 25.6 Å². The molecule has 0 bridgehead atoms. The van der Waals surface area contributed by atoms with E-state index in [9.17, 15) is 13.2 Å². The van der Waals surface area contributed by atoms with Gasteiger partial charge < -0.3 is 19.7 Å². The van der Waals surface area contributed by atoms with E-state index >= 15 is 0 Å². The predicted molar refractivity (Wildman–Crippen MR) is 123 cm³/mol. The zero-order chi connectivity index (χ0) is 22.6. The zero-order valence-electron chi connectivity index (χ0n) is 18.2. The molecule has 0 saturated carbocycles. The topological polar surface area (TPSA) is 88.2 Å². The number of fused-ring (bicyclic) bond motifs is 1. The highest BCUT2D eigenvalue weighted by Crippen LogP contribution is 2.33. The zero-order valence-corrected chi connectivity index (χ0v) is 19.1. The summed E-state index contributed by atoms with van der Waals surface area (Å²) in [7, 11) is -2.48. The Hall–Kier alpha value is -2.78. The highest BCUT2D eigenvalue weighted by atomic mass is 32.2. The fourth-order valence-electron chi connectivity index (χ4n) is 3.95. The second-order valence-corrected chi connectivity index (χ2v) is 10.1. The smallest absolute Gasteiger partial charge is 0.243 e. The van der Waals surface area contributed by atoms with Gasteiger partial charge in [0.25, 0.3) is 0 Å². The van der Waals surface area contributed by atoms with E-state index in [1.54, 1.807) is 6.07 Å². The summed E-state index contributed by atoms with van der Waals surface area (Å²) >= 11 is 0. The number of carbonyl (C=O) groups excluding carboxylic acids is 1. The van der Waals surface area contributed by atoms with Crippen molar-refractivity contribution in [3.05, 3.63) is 42.5 Å². The molecule has 2 aromatic rings. The number of nitrogens with one attached hydrogen (secondary N) is 1. The molecule has 4 rings (SSSR count). The van der Waals surface area contributed by atoms with E-state index in [0.717, 1.165) is 42.3 Å². The maximum absolute atomic E-state index is 13.0.